The van der Waals surface area contributed by atoms with E-state index in [1.165, 1.54) is 0 Å². The zero-order valence-electron chi connectivity index (χ0n) is 4.35. The van der Waals surface area contributed by atoms with Gasteiger partial charge >= 0.3 is 80.9 Å². The van der Waals surface area contributed by atoms with Crippen molar-refractivity contribution < 1.29 is 101 Å². The normalized spacial score (nSPS) is 0. The average molecular weight is 150 g/mol. The van der Waals surface area contributed by atoms with E-state index < -0.39 is 0 Å². The molecule has 0 fully saturated rings. The Balaban J connectivity index is 0. The molecule has 0 aliphatic carbocycles. The van der Waals surface area contributed by atoms with Gasteiger partial charge in [0.05, 0.1) is 0 Å². The van der Waals surface area contributed by atoms with Crippen molar-refractivity contribution in [3.8, 4) is 0 Å². The Hall–Kier alpha value is 3.69. The van der Waals surface area contributed by atoms with Crippen LogP contribution in [0.1, 0.15) is 2.85 Å². The van der Waals surface area contributed by atoms with Crippen LogP contribution in [-0.4, -0.2) is 17.4 Å². The molecule has 0 unspecified atom stereocenters. The minimum Gasteiger partial charge on any atom is -1.00 e. The van der Waals surface area contributed by atoms with Gasteiger partial charge in [0.2, 0.25) is 0 Å². The van der Waals surface area contributed by atoms with Crippen LogP contribution in [0.4, 0.5) is 0 Å². The van der Waals surface area contributed by atoms with E-state index in [0.717, 1.165) is 0 Å². The molecule has 0 saturated carbocycles. The average Bonchev–Trinajstić information content (AvgIpc) is 0. The minimum atomic E-state index is 0. The number of hydrogen-bond donors (Lipinski definition) is 0. The van der Waals surface area contributed by atoms with E-state index >= 15 is 0 Å². The minimum absolute atomic E-state index is 0. The second-order valence-electron chi connectivity index (χ2n) is 0. The summed E-state index contributed by atoms with van der Waals surface area (Å²) in [6.07, 6.45) is 0. The fourth-order valence-corrected chi connectivity index (χ4v) is 0. The molecular weight excluding hydrogens is 145 g/mol. The monoisotopic (exact) mass is 150 g/mol. The van der Waals surface area contributed by atoms with Gasteiger partial charge in [-0.1, -0.05) is 0 Å². The summed E-state index contributed by atoms with van der Waals surface area (Å²) in [7, 11) is 0. The van der Waals surface area contributed by atoms with Crippen molar-refractivity contribution in [3.05, 3.63) is 0 Å². The summed E-state index contributed by atoms with van der Waals surface area (Å²) >= 11 is 0. The molecule has 0 radical (unpaired) electrons. The van der Waals surface area contributed by atoms with E-state index in [1.807, 2.05) is 0 Å². The molecule has 0 nitrogen and oxygen atoms in total. The van der Waals surface area contributed by atoms with Crippen LogP contribution >= 0.6 is 0 Å². The first-order valence-corrected chi connectivity index (χ1v) is 0. The quantitative estimate of drug-likeness (QED) is 0.301. The van der Waals surface area contributed by atoms with Gasteiger partial charge in [-0.25, -0.2) is 0 Å². The Morgan fingerprint density at radius 3 is 1.25 bits per heavy atom. The molecule has 0 rings (SSSR count). The first-order chi connectivity index (χ1) is 0. The van der Waals surface area contributed by atoms with Crippen LogP contribution in [-0.2, 0) is 17.1 Å². The fraction of sp³-hybridized carbons (Fsp3) is 0. The summed E-state index contributed by atoms with van der Waals surface area (Å²) in [6.45, 7) is 0. The topological polar surface area (TPSA) is 0 Å². The van der Waals surface area contributed by atoms with Crippen LogP contribution in [0.25, 0.3) is 0 Å². The van der Waals surface area contributed by atoms with Crippen LogP contribution < -0.4 is 80.9 Å². The third kappa shape index (κ3) is 9.19. The summed E-state index contributed by atoms with van der Waals surface area (Å²) in [5, 5.41) is 0. The van der Waals surface area contributed by atoms with Crippen LogP contribution in [0.2, 0.25) is 0 Å². The van der Waals surface area contributed by atoms with Crippen molar-refractivity contribution in [2.24, 2.45) is 0 Å². The van der Waals surface area contributed by atoms with Gasteiger partial charge in [-0.2, -0.15) is 0 Å². The first-order valence-electron chi connectivity index (χ1n) is 0. The molecule has 0 bridgehead atoms. The van der Waals surface area contributed by atoms with E-state index in [1.54, 1.807) is 0 Å². The van der Waals surface area contributed by atoms with Crippen molar-refractivity contribution >= 4 is 17.4 Å². The van der Waals surface area contributed by atoms with E-state index in [2.05, 4.69) is 0 Å². The molecule has 0 aliphatic rings. The van der Waals surface area contributed by atoms with E-state index in [0.29, 0.717) is 0 Å². The molecule has 0 amide bonds. The summed E-state index contributed by atoms with van der Waals surface area (Å²) in [5.41, 5.74) is 0. The third-order valence-electron chi connectivity index (χ3n) is 0. The smallest absolute Gasteiger partial charge is 1.00 e. The molecule has 0 aromatic carbocycles. The van der Waals surface area contributed by atoms with E-state index in [-0.39, 0.29) is 118 Å². The molecule has 18 valence electrons. The summed E-state index contributed by atoms with van der Waals surface area (Å²) < 4.78 is 0. The fourth-order valence-electron chi connectivity index (χ4n) is 0. The van der Waals surface area contributed by atoms with Crippen molar-refractivity contribution in [1.29, 1.82) is 0 Å². The van der Waals surface area contributed by atoms with Gasteiger partial charge in [0.25, 0.3) is 0 Å². The molecule has 0 aromatic rings. The van der Waals surface area contributed by atoms with Gasteiger partial charge in [-0.05, 0) is 0 Å². The molecule has 0 aliphatic heterocycles. The predicted octanol–water partition coefficient (Wildman–Crippen LogP) is -6.95. The largest absolute Gasteiger partial charge is 1.00 e. The number of hydrogen-bond acceptors (Lipinski definition) is 0. The van der Waals surface area contributed by atoms with Crippen molar-refractivity contribution in [3.63, 3.8) is 0 Å². The Morgan fingerprint density at radius 1 is 1.25 bits per heavy atom. The first kappa shape index (κ1) is 25.3. The molecule has 4 heavy (non-hydrogen) atoms. The van der Waals surface area contributed by atoms with Crippen molar-refractivity contribution in [2.75, 3.05) is 0 Å². The Bertz CT molecular complexity index is 13.5. The van der Waals surface area contributed by atoms with Gasteiger partial charge in [-0.15, -0.1) is 0 Å². The van der Waals surface area contributed by atoms with Gasteiger partial charge < -0.3 is 2.85 Å². The van der Waals surface area contributed by atoms with Crippen LogP contribution in [0.15, 0.2) is 0 Å². The summed E-state index contributed by atoms with van der Waals surface area (Å²) in [6, 6.07) is 0. The molecule has 0 aromatic heterocycles. The molecular formula is H5AlFeKNa. The van der Waals surface area contributed by atoms with Gasteiger partial charge in [-0.3, -0.25) is 0 Å². The Kier molecular flexibility index (Phi) is 101. The second kappa shape index (κ2) is 15.9. The molecule has 0 heterocycles. The zero-order valence-corrected chi connectivity index (χ0v) is 8.58. The molecule has 0 spiro atoms. The van der Waals surface area contributed by atoms with Crippen LogP contribution in [0, 0.1) is 0 Å². The SMILES string of the molecule is [AlH3].[Fe].[H-].[H-].[K+].[Na+]. The third-order valence-corrected chi connectivity index (χ3v) is 0. The van der Waals surface area contributed by atoms with Gasteiger partial charge in [0.15, 0.2) is 17.4 Å². The van der Waals surface area contributed by atoms with Crippen LogP contribution in [0.5, 0.6) is 0 Å². The van der Waals surface area contributed by atoms with Crippen molar-refractivity contribution in [2.45, 2.75) is 0 Å². The molecule has 0 N–H and O–H groups in total. The van der Waals surface area contributed by atoms with Gasteiger partial charge in [0, 0.05) is 17.1 Å². The van der Waals surface area contributed by atoms with Crippen LogP contribution in [0.3, 0.4) is 0 Å². The standard InChI is InChI=1S/Al.Fe.K.Na.5H/q;;2*+1;;;;2*-1. The second-order valence-corrected chi connectivity index (χ2v) is 0. The van der Waals surface area contributed by atoms with Crippen molar-refractivity contribution in [1.82, 2.24) is 0 Å². The summed E-state index contributed by atoms with van der Waals surface area (Å²) in [4.78, 5) is 0. The Labute approximate surface area is 115 Å². The molecule has 0 saturated heterocycles. The van der Waals surface area contributed by atoms with E-state index in [9.17, 15) is 0 Å². The maximum Gasteiger partial charge on any atom is 1.00 e. The summed E-state index contributed by atoms with van der Waals surface area (Å²) in [5.74, 6) is 0. The molecule has 0 atom stereocenters. The van der Waals surface area contributed by atoms with E-state index in [4.69, 9.17) is 0 Å². The Morgan fingerprint density at radius 2 is 1.25 bits per heavy atom. The molecule has 4 heteroatoms. The zero-order chi connectivity index (χ0) is 0. The number of rotatable bonds is 0. The van der Waals surface area contributed by atoms with Gasteiger partial charge in [0.1, 0.15) is 0 Å². The predicted molar refractivity (Wildman–Crippen MR) is 12.2 cm³/mol. The maximum absolute atomic E-state index is 0. The maximum atomic E-state index is 0.